The molecule has 1 heterocycles. The van der Waals surface area contributed by atoms with Gasteiger partial charge < -0.3 is 20.4 Å². The van der Waals surface area contributed by atoms with Gasteiger partial charge in [-0.05, 0) is 28.0 Å². The molecule has 37 heavy (non-hydrogen) atoms. The number of amides is 2. The zero-order valence-corrected chi connectivity index (χ0v) is 20.4. The Labute approximate surface area is 214 Å². The number of carbonyl (C=O) groups excluding carboxylic acids is 3. The summed E-state index contributed by atoms with van der Waals surface area (Å²) in [5, 5.41) is 7.79. The van der Waals surface area contributed by atoms with Gasteiger partial charge in [-0.25, -0.2) is 9.78 Å². The molecule has 3 aromatic carbocycles. The van der Waals surface area contributed by atoms with Crippen molar-refractivity contribution in [2.24, 2.45) is 0 Å². The molecule has 188 valence electrons. The highest BCUT2D eigenvalue weighted by Gasteiger charge is 2.25. The van der Waals surface area contributed by atoms with Gasteiger partial charge in [-0.3, -0.25) is 9.59 Å². The second-order valence-electron chi connectivity index (χ2n) is 8.50. The molecule has 0 radical (unpaired) electrons. The summed E-state index contributed by atoms with van der Waals surface area (Å²) in [7, 11) is 1.26. The van der Waals surface area contributed by atoms with Crippen LogP contribution in [0.3, 0.4) is 0 Å². The number of carbonyl (C=O) groups is 3. The maximum atomic E-state index is 13.3. The Morgan fingerprint density at radius 2 is 1.76 bits per heavy atom. The summed E-state index contributed by atoms with van der Waals surface area (Å²) in [6.07, 6.45) is 4.72. The largest absolute Gasteiger partial charge is 0.467 e. The van der Waals surface area contributed by atoms with Crippen molar-refractivity contribution in [3.05, 3.63) is 108 Å². The number of hydrogen-bond donors (Lipinski definition) is 3. The van der Waals surface area contributed by atoms with Crippen molar-refractivity contribution in [3.8, 4) is 0 Å². The molecule has 0 aliphatic rings. The minimum atomic E-state index is -0.948. The van der Waals surface area contributed by atoms with Gasteiger partial charge in [-0.15, -0.1) is 0 Å². The fourth-order valence-corrected chi connectivity index (χ4v) is 4.03. The number of methoxy groups -OCH3 is 1. The van der Waals surface area contributed by atoms with E-state index in [0.717, 1.165) is 21.9 Å². The molecule has 8 nitrogen and oxygen atoms in total. The van der Waals surface area contributed by atoms with Crippen LogP contribution in [-0.4, -0.2) is 40.9 Å². The van der Waals surface area contributed by atoms with E-state index in [0.29, 0.717) is 12.2 Å². The first-order valence-electron chi connectivity index (χ1n) is 11.9. The van der Waals surface area contributed by atoms with E-state index in [9.17, 15) is 14.4 Å². The van der Waals surface area contributed by atoms with Gasteiger partial charge in [0.1, 0.15) is 6.04 Å². The van der Waals surface area contributed by atoms with Crippen LogP contribution in [0.4, 0.5) is 0 Å². The molecule has 3 N–H and O–H groups in total. The van der Waals surface area contributed by atoms with Crippen LogP contribution in [0.1, 0.15) is 23.2 Å². The summed E-state index contributed by atoms with van der Waals surface area (Å²) in [6.45, 7) is 0.324. The third-order valence-electron chi connectivity index (χ3n) is 5.91. The second-order valence-corrected chi connectivity index (χ2v) is 8.50. The number of nitrogens with zero attached hydrogens (tertiary/aromatic N) is 1. The number of ether oxygens (including phenoxy) is 1. The zero-order chi connectivity index (χ0) is 26.0. The molecule has 0 saturated heterocycles. The van der Waals surface area contributed by atoms with E-state index < -0.39 is 17.9 Å². The Bertz CT molecular complexity index is 1390. The molecular formula is C29H28N4O4. The number of aromatic amines is 1. The summed E-state index contributed by atoms with van der Waals surface area (Å²) in [5.41, 5.74) is 2.63. The summed E-state index contributed by atoms with van der Waals surface area (Å²) in [6, 6.07) is 22.2. The van der Waals surface area contributed by atoms with Crippen molar-refractivity contribution < 1.29 is 19.1 Å². The van der Waals surface area contributed by atoms with Gasteiger partial charge in [-0.2, -0.15) is 0 Å². The molecule has 0 fully saturated rings. The van der Waals surface area contributed by atoms with Crippen molar-refractivity contribution in [1.82, 2.24) is 20.6 Å². The highest BCUT2D eigenvalue weighted by Crippen LogP contribution is 2.18. The average Bonchev–Trinajstić information content (AvgIpc) is 3.44. The van der Waals surface area contributed by atoms with Gasteiger partial charge >= 0.3 is 5.97 Å². The molecule has 8 heteroatoms. The fraction of sp³-hybridized carbons (Fsp3) is 0.172. The number of aromatic nitrogens is 2. The molecule has 0 unspecified atom stereocenters. The molecule has 4 aromatic rings. The quantitative estimate of drug-likeness (QED) is 0.230. The minimum absolute atomic E-state index is 0.163. The first-order valence-corrected chi connectivity index (χ1v) is 11.9. The van der Waals surface area contributed by atoms with E-state index in [2.05, 4.69) is 20.6 Å². The van der Waals surface area contributed by atoms with Gasteiger partial charge in [0.25, 0.3) is 0 Å². The first-order chi connectivity index (χ1) is 18.0. The third-order valence-corrected chi connectivity index (χ3v) is 5.91. The molecule has 0 aliphatic heterocycles. The molecule has 0 saturated carbocycles. The SMILES string of the molecule is COC(=O)[C@H](Cc1cnc[nH]1)NC(=O)C(=Cc1ccccc1)CC(=O)NCc1cccc2ccccc12. The second kappa shape index (κ2) is 12.3. The van der Waals surface area contributed by atoms with Crippen molar-refractivity contribution in [2.75, 3.05) is 7.11 Å². The summed E-state index contributed by atoms with van der Waals surface area (Å²) in [4.78, 5) is 45.5. The van der Waals surface area contributed by atoms with Crippen LogP contribution in [0, 0.1) is 0 Å². The Hall–Kier alpha value is -4.72. The zero-order valence-electron chi connectivity index (χ0n) is 20.4. The van der Waals surface area contributed by atoms with Crippen LogP contribution in [0.5, 0.6) is 0 Å². The third kappa shape index (κ3) is 6.91. The van der Waals surface area contributed by atoms with Gasteiger partial charge in [0.05, 0.1) is 19.9 Å². The molecule has 2 amide bonds. The van der Waals surface area contributed by atoms with E-state index in [4.69, 9.17) is 4.74 Å². The Balaban J connectivity index is 1.50. The number of nitrogens with one attached hydrogen (secondary N) is 3. The summed E-state index contributed by atoms with van der Waals surface area (Å²) in [5.74, 6) is -1.44. The van der Waals surface area contributed by atoms with E-state index in [1.54, 1.807) is 12.3 Å². The van der Waals surface area contributed by atoms with E-state index in [1.807, 2.05) is 72.8 Å². The van der Waals surface area contributed by atoms with E-state index in [-0.39, 0.29) is 24.3 Å². The van der Waals surface area contributed by atoms with Crippen molar-refractivity contribution in [1.29, 1.82) is 0 Å². The highest BCUT2D eigenvalue weighted by atomic mass is 16.5. The Morgan fingerprint density at radius 3 is 2.51 bits per heavy atom. The maximum absolute atomic E-state index is 13.3. The Morgan fingerprint density at radius 1 is 1.00 bits per heavy atom. The molecule has 0 bridgehead atoms. The van der Waals surface area contributed by atoms with Crippen molar-refractivity contribution in [3.63, 3.8) is 0 Å². The number of hydrogen-bond acceptors (Lipinski definition) is 5. The Kier molecular flexibility index (Phi) is 8.44. The summed E-state index contributed by atoms with van der Waals surface area (Å²) < 4.78 is 4.88. The lowest BCUT2D eigenvalue weighted by Gasteiger charge is -2.17. The van der Waals surface area contributed by atoms with Crippen LogP contribution in [0.15, 0.2) is 90.9 Å². The van der Waals surface area contributed by atoms with Crippen LogP contribution < -0.4 is 10.6 Å². The predicted octanol–water partition coefficient (Wildman–Crippen LogP) is 3.55. The number of rotatable bonds is 10. The normalized spacial score (nSPS) is 12.1. The topological polar surface area (TPSA) is 113 Å². The lowest BCUT2D eigenvalue weighted by molar-refractivity contribution is -0.144. The molecule has 1 aromatic heterocycles. The lowest BCUT2D eigenvalue weighted by atomic mass is 10.0. The minimum Gasteiger partial charge on any atom is -0.467 e. The number of benzene rings is 3. The van der Waals surface area contributed by atoms with Gasteiger partial charge in [0.2, 0.25) is 11.8 Å². The number of fused-ring (bicyclic) bond motifs is 1. The van der Waals surface area contributed by atoms with Crippen LogP contribution in [-0.2, 0) is 32.1 Å². The van der Waals surface area contributed by atoms with Crippen LogP contribution >= 0.6 is 0 Å². The monoisotopic (exact) mass is 496 g/mol. The number of esters is 1. The molecule has 0 spiro atoms. The van der Waals surface area contributed by atoms with E-state index in [1.165, 1.54) is 13.4 Å². The van der Waals surface area contributed by atoms with E-state index >= 15 is 0 Å². The lowest BCUT2D eigenvalue weighted by Crippen LogP contribution is -2.44. The van der Waals surface area contributed by atoms with Crippen LogP contribution in [0.2, 0.25) is 0 Å². The first kappa shape index (κ1) is 25.4. The van der Waals surface area contributed by atoms with Gasteiger partial charge in [0, 0.05) is 30.4 Å². The number of imidazole rings is 1. The predicted molar refractivity (Wildman–Crippen MR) is 141 cm³/mol. The van der Waals surface area contributed by atoms with Gasteiger partial charge in [-0.1, -0.05) is 72.8 Å². The fourth-order valence-electron chi connectivity index (χ4n) is 4.03. The highest BCUT2D eigenvalue weighted by molar-refractivity contribution is 6.03. The van der Waals surface area contributed by atoms with Gasteiger partial charge in [0.15, 0.2) is 0 Å². The molecule has 4 rings (SSSR count). The number of H-pyrrole nitrogens is 1. The summed E-state index contributed by atoms with van der Waals surface area (Å²) >= 11 is 0. The molecule has 1 atom stereocenters. The standard InChI is InChI=1S/C29H28N4O4/c1-37-29(36)26(16-24-18-30-19-32-24)33-28(35)23(14-20-8-3-2-4-9-20)15-27(34)31-17-22-12-7-11-21-10-5-6-13-25(21)22/h2-14,18-19,26H,15-17H2,1H3,(H,30,32)(H,31,34)(H,33,35)/t26-/m0/s1. The average molecular weight is 497 g/mol. The smallest absolute Gasteiger partial charge is 0.328 e. The van der Waals surface area contributed by atoms with Crippen molar-refractivity contribution in [2.45, 2.75) is 25.4 Å². The molecule has 0 aliphatic carbocycles. The molecular weight excluding hydrogens is 468 g/mol. The van der Waals surface area contributed by atoms with Crippen molar-refractivity contribution >= 4 is 34.6 Å². The maximum Gasteiger partial charge on any atom is 0.328 e. The van der Waals surface area contributed by atoms with Crippen LogP contribution in [0.25, 0.3) is 16.8 Å².